The van der Waals surface area contributed by atoms with E-state index in [0.29, 0.717) is 12.4 Å². The molecule has 0 radical (unpaired) electrons. The number of carbonyl (C=O) groups is 1. The van der Waals surface area contributed by atoms with Gasteiger partial charge in [0.2, 0.25) is 5.91 Å². The first-order chi connectivity index (χ1) is 6.16. The Bertz CT molecular complexity index is 218. The van der Waals surface area contributed by atoms with E-state index in [9.17, 15) is 4.79 Å². The van der Waals surface area contributed by atoms with Crippen molar-refractivity contribution in [2.75, 3.05) is 13.2 Å². The normalized spacial score (nSPS) is 23.1. The Morgan fingerprint density at radius 1 is 1.85 bits per heavy atom. The molecule has 0 aromatic rings. The van der Waals surface area contributed by atoms with Gasteiger partial charge in [0.05, 0.1) is 12.5 Å². The monoisotopic (exact) mass is 201 g/mol. The van der Waals surface area contributed by atoms with E-state index in [1.807, 2.05) is 6.92 Å². The van der Waals surface area contributed by atoms with Gasteiger partial charge in [-0.1, -0.05) is 6.58 Å². The summed E-state index contributed by atoms with van der Waals surface area (Å²) in [5, 5.41) is 0. The van der Waals surface area contributed by atoms with Gasteiger partial charge in [0.25, 0.3) is 0 Å². The molecule has 0 aromatic carbocycles. The Balaban J connectivity index is 2.57. The molecule has 3 nitrogen and oxygen atoms in total. The summed E-state index contributed by atoms with van der Waals surface area (Å²) in [5.41, 5.74) is 0. The Labute approximate surface area is 81.4 Å². The lowest BCUT2D eigenvalue weighted by Gasteiger charge is -2.29. The predicted molar refractivity (Wildman–Crippen MR) is 54.9 cm³/mol. The minimum atomic E-state index is -0.133. The molecule has 0 aliphatic carbocycles. The molecule has 0 N–H and O–H groups in total. The first-order valence-corrected chi connectivity index (χ1v) is 5.06. The third-order valence-corrected chi connectivity index (χ3v) is 2.70. The Kier molecular flexibility index (Phi) is 3.73. The van der Waals surface area contributed by atoms with E-state index in [2.05, 4.69) is 16.0 Å². The van der Waals surface area contributed by atoms with Crippen LogP contribution in [0.3, 0.4) is 0 Å². The molecule has 1 saturated heterocycles. The predicted octanol–water partition coefficient (Wildman–Crippen LogP) is 1.57. The van der Waals surface area contributed by atoms with Crippen LogP contribution in [-0.2, 0) is 9.53 Å². The molecule has 1 heterocycles. The summed E-state index contributed by atoms with van der Waals surface area (Å²) in [6.07, 6.45) is 1.88. The molecule has 1 amide bonds. The summed E-state index contributed by atoms with van der Waals surface area (Å²) in [7, 11) is 2.44. The van der Waals surface area contributed by atoms with Crippen molar-refractivity contribution in [3.05, 3.63) is 12.3 Å². The lowest BCUT2D eigenvalue weighted by molar-refractivity contribution is -0.132. The third kappa shape index (κ3) is 2.44. The zero-order valence-electron chi connectivity index (χ0n) is 7.95. The highest BCUT2D eigenvalue weighted by molar-refractivity contribution is 7.14. The largest absolute Gasteiger partial charge is 0.498 e. The smallest absolute Gasteiger partial charge is 0.236 e. The van der Waals surface area contributed by atoms with Gasteiger partial charge in [-0.25, -0.2) is 0 Å². The molecule has 0 bridgehead atoms. The van der Waals surface area contributed by atoms with Gasteiger partial charge >= 0.3 is 0 Å². The molecule has 4 heteroatoms. The fourth-order valence-corrected chi connectivity index (χ4v) is 1.85. The van der Waals surface area contributed by atoms with Crippen molar-refractivity contribution in [2.45, 2.75) is 19.8 Å². The zero-order valence-corrected chi connectivity index (χ0v) is 9.11. The van der Waals surface area contributed by atoms with Crippen LogP contribution >= 0.6 is 9.39 Å². The highest BCUT2D eigenvalue weighted by atomic mass is 31.0. The second-order valence-electron chi connectivity index (χ2n) is 3.13. The lowest BCUT2D eigenvalue weighted by atomic mass is 9.97. The minimum Gasteiger partial charge on any atom is -0.498 e. The van der Waals surface area contributed by atoms with E-state index >= 15 is 0 Å². The maximum Gasteiger partial charge on any atom is 0.236 e. The van der Waals surface area contributed by atoms with Crippen LogP contribution in [0.5, 0.6) is 0 Å². The average molecular weight is 201 g/mol. The van der Waals surface area contributed by atoms with Crippen molar-refractivity contribution >= 4 is 15.3 Å². The van der Waals surface area contributed by atoms with Crippen LogP contribution in [0.15, 0.2) is 12.3 Å². The van der Waals surface area contributed by atoms with Gasteiger partial charge in [-0.05, 0) is 29.2 Å². The van der Waals surface area contributed by atoms with Gasteiger partial charge in [0.15, 0.2) is 0 Å². The van der Waals surface area contributed by atoms with Gasteiger partial charge in [0.1, 0.15) is 5.76 Å². The summed E-state index contributed by atoms with van der Waals surface area (Å²) in [6, 6.07) is 0. The second kappa shape index (κ2) is 4.61. The van der Waals surface area contributed by atoms with Crippen molar-refractivity contribution in [2.24, 2.45) is 5.92 Å². The van der Waals surface area contributed by atoms with Crippen molar-refractivity contribution in [1.29, 1.82) is 0 Å². The highest BCUT2D eigenvalue weighted by Gasteiger charge is 2.29. The van der Waals surface area contributed by atoms with Gasteiger partial charge in [0, 0.05) is 6.54 Å². The number of hydrogen-bond acceptors (Lipinski definition) is 2. The average Bonchev–Trinajstić information content (AvgIpc) is 2.10. The SMILES string of the molecule is C=C(OCC)C1CCCN(P)C1=O. The number of rotatable bonds is 3. The van der Waals surface area contributed by atoms with Crippen LogP contribution in [0.1, 0.15) is 19.8 Å². The number of amides is 1. The van der Waals surface area contributed by atoms with Crippen LogP contribution in [0, 0.1) is 5.92 Å². The Morgan fingerprint density at radius 3 is 3.15 bits per heavy atom. The van der Waals surface area contributed by atoms with Crippen LogP contribution < -0.4 is 0 Å². The molecule has 0 aromatic heterocycles. The van der Waals surface area contributed by atoms with Crippen LogP contribution in [-0.4, -0.2) is 23.7 Å². The third-order valence-electron chi connectivity index (χ3n) is 2.19. The van der Waals surface area contributed by atoms with E-state index in [1.54, 1.807) is 4.67 Å². The summed E-state index contributed by atoms with van der Waals surface area (Å²) in [5.74, 6) is 0.584. The molecular weight excluding hydrogens is 185 g/mol. The fraction of sp³-hybridized carbons (Fsp3) is 0.667. The number of ether oxygens (including phenoxy) is 1. The molecule has 2 atom stereocenters. The maximum absolute atomic E-state index is 11.6. The first-order valence-electron chi connectivity index (χ1n) is 4.54. The summed E-state index contributed by atoms with van der Waals surface area (Å²) < 4.78 is 6.91. The van der Waals surface area contributed by atoms with Gasteiger partial charge in [-0.3, -0.25) is 4.79 Å². The molecule has 1 rings (SSSR count). The van der Waals surface area contributed by atoms with Crippen LogP contribution in [0.25, 0.3) is 0 Å². The van der Waals surface area contributed by atoms with E-state index in [0.717, 1.165) is 19.4 Å². The molecular formula is C9H16NO2P. The number of nitrogens with zero attached hydrogens (tertiary/aromatic N) is 1. The lowest BCUT2D eigenvalue weighted by Crippen LogP contribution is -2.35. The highest BCUT2D eigenvalue weighted by Crippen LogP contribution is 2.26. The fourth-order valence-electron chi connectivity index (χ4n) is 1.48. The molecule has 74 valence electrons. The standard InChI is InChI=1S/C9H16NO2P/c1-3-12-7(2)8-5-4-6-10(13)9(8)11/h8H,2-6,13H2,1H3. The minimum absolute atomic E-state index is 0.106. The van der Waals surface area contributed by atoms with Crippen molar-refractivity contribution in [3.8, 4) is 0 Å². The summed E-state index contributed by atoms with van der Waals surface area (Å²) in [6.45, 7) is 7.08. The Morgan fingerprint density at radius 2 is 2.54 bits per heavy atom. The van der Waals surface area contributed by atoms with E-state index in [1.165, 1.54) is 0 Å². The van der Waals surface area contributed by atoms with Crippen molar-refractivity contribution in [1.82, 2.24) is 4.67 Å². The number of carbonyl (C=O) groups excluding carboxylic acids is 1. The molecule has 2 unspecified atom stereocenters. The van der Waals surface area contributed by atoms with Crippen molar-refractivity contribution in [3.63, 3.8) is 0 Å². The Hall–Kier alpha value is -0.560. The molecule has 13 heavy (non-hydrogen) atoms. The van der Waals surface area contributed by atoms with E-state index in [-0.39, 0.29) is 11.8 Å². The second-order valence-corrected chi connectivity index (χ2v) is 3.75. The maximum atomic E-state index is 11.6. The topological polar surface area (TPSA) is 29.5 Å². The number of hydrogen-bond donors (Lipinski definition) is 0. The number of piperidine rings is 1. The summed E-state index contributed by atoms with van der Waals surface area (Å²) >= 11 is 0. The van der Waals surface area contributed by atoms with E-state index < -0.39 is 0 Å². The molecule has 0 spiro atoms. The quantitative estimate of drug-likeness (QED) is 0.512. The van der Waals surface area contributed by atoms with Gasteiger partial charge in [-0.15, -0.1) is 0 Å². The van der Waals surface area contributed by atoms with Gasteiger partial charge in [-0.2, -0.15) is 0 Å². The summed E-state index contributed by atoms with van der Waals surface area (Å²) in [4.78, 5) is 11.6. The molecule has 1 aliphatic rings. The zero-order chi connectivity index (χ0) is 9.84. The molecule has 0 saturated carbocycles. The van der Waals surface area contributed by atoms with Crippen LogP contribution in [0.2, 0.25) is 0 Å². The van der Waals surface area contributed by atoms with Crippen molar-refractivity contribution < 1.29 is 9.53 Å². The van der Waals surface area contributed by atoms with E-state index in [4.69, 9.17) is 4.74 Å². The van der Waals surface area contributed by atoms with Crippen LogP contribution in [0.4, 0.5) is 0 Å². The molecule has 1 aliphatic heterocycles. The van der Waals surface area contributed by atoms with Gasteiger partial charge < -0.3 is 9.41 Å². The molecule has 1 fully saturated rings. The first kappa shape index (κ1) is 10.5.